The van der Waals surface area contributed by atoms with Gasteiger partial charge in [0.15, 0.2) is 9.84 Å². The molecule has 0 spiro atoms. The molecule has 7 rings (SSSR count). The topological polar surface area (TPSA) is 90.0 Å². The van der Waals surface area contributed by atoms with Gasteiger partial charge in [0.05, 0.1) is 21.4 Å². The van der Waals surface area contributed by atoms with E-state index in [-0.39, 0.29) is 59.5 Å². The van der Waals surface area contributed by atoms with Crippen LogP contribution in [0.1, 0.15) is 67.7 Å². The van der Waals surface area contributed by atoms with Crippen molar-refractivity contribution < 1.29 is 36.3 Å². The summed E-state index contributed by atoms with van der Waals surface area (Å²) in [6, 6.07) is 23.3. The lowest BCUT2D eigenvalue weighted by Crippen LogP contribution is -2.53. The van der Waals surface area contributed by atoms with Crippen LogP contribution < -0.4 is 4.74 Å². The van der Waals surface area contributed by atoms with Crippen molar-refractivity contribution in [2.24, 2.45) is 11.3 Å². The maximum Gasteiger partial charge on any atom is 0.312 e. The van der Waals surface area contributed by atoms with Gasteiger partial charge >= 0.3 is 5.97 Å². The number of fused-ring (bicyclic) bond motifs is 3. The summed E-state index contributed by atoms with van der Waals surface area (Å²) in [6.07, 6.45) is 2.98. The maximum atomic E-state index is 14.8. The zero-order valence-electron chi connectivity index (χ0n) is 28.8. The fourth-order valence-electron chi connectivity index (χ4n) is 8.35. The molecule has 2 aliphatic carbocycles. The Kier molecular flexibility index (Phi) is 9.91. The smallest absolute Gasteiger partial charge is 0.312 e. The van der Waals surface area contributed by atoms with Crippen LogP contribution >= 0.6 is 11.6 Å². The Labute approximate surface area is 307 Å². The molecule has 0 unspecified atom stereocenters. The fourth-order valence-corrected chi connectivity index (χ4v) is 10.9. The number of carbonyl (C=O) groups is 2. The van der Waals surface area contributed by atoms with Crippen molar-refractivity contribution in [2.45, 2.75) is 80.8 Å². The second-order valence-electron chi connectivity index (χ2n) is 14.4. The lowest BCUT2D eigenvalue weighted by atomic mass is 9.71. The highest BCUT2D eigenvalue weighted by Gasteiger charge is 2.61. The third-order valence-corrected chi connectivity index (χ3v) is 14.2. The van der Waals surface area contributed by atoms with Gasteiger partial charge in [0.2, 0.25) is 5.91 Å². The second-order valence-corrected chi connectivity index (χ2v) is 17.0. The van der Waals surface area contributed by atoms with E-state index in [2.05, 4.69) is 0 Å². The number of hydrogen-bond acceptors (Lipinski definition) is 6. The number of sulfone groups is 1. The zero-order chi connectivity index (χ0) is 36.7. The molecule has 7 nitrogen and oxygen atoms in total. The molecule has 2 fully saturated rings. The lowest BCUT2D eigenvalue weighted by Gasteiger charge is -2.44. The average molecular weight is 748 g/mol. The SMILES string of the molecule is CC1(C(=O)OCc2ccccc2)CCC(C(=O)N2CC[C@@]3(S(=O)(=O)c4ccc(F)cc4)c4ccc(OCc5c(F)cccc5Cl)cc4CC[C@@H]23)CC1. The van der Waals surface area contributed by atoms with Crippen LogP contribution in [0.15, 0.2) is 95.9 Å². The summed E-state index contributed by atoms with van der Waals surface area (Å²) in [6.45, 7) is 2.20. The van der Waals surface area contributed by atoms with Crippen molar-refractivity contribution in [3.63, 3.8) is 0 Å². The number of aryl methyl sites for hydroxylation is 1. The van der Waals surface area contributed by atoms with Gasteiger partial charge in [0.25, 0.3) is 0 Å². The zero-order valence-corrected chi connectivity index (χ0v) is 30.4. The van der Waals surface area contributed by atoms with Crippen molar-refractivity contribution in [2.75, 3.05) is 6.54 Å². The largest absolute Gasteiger partial charge is 0.489 e. The number of ether oxygens (including phenoxy) is 2. The highest BCUT2D eigenvalue weighted by molar-refractivity contribution is 7.92. The number of hydrogen-bond donors (Lipinski definition) is 0. The van der Waals surface area contributed by atoms with Gasteiger partial charge in [-0.2, -0.15) is 0 Å². The maximum absolute atomic E-state index is 14.8. The van der Waals surface area contributed by atoms with E-state index >= 15 is 0 Å². The van der Waals surface area contributed by atoms with Crippen molar-refractivity contribution in [3.8, 4) is 5.75 Å². The van der Waals surface area contributed by atoms with Gasteiger partial charge in [0.1, 0.15) is 35.3 Å². The second kappa shape index (κ2) is 14.3. The molecule has 1 amide bonds. The normalized spacial score (nSPS) is 24.1. The summed E-state index contributed by atoms with van der Waals surface area (Å²) >= 11 is 6.20. The number of halogens is 3. The molecule has 0 aromatic heterocycles. The molecule has 0 N–H and O–H groups in total. The molecule has 272 valence electrons. The van der Waals surface area contributed by atoms with E-state index in [1.54, 1.807) is 29.2 Å². The van der Waals surface area contributed by atoms with E-state index in [1.165, 1.54) is 24.3 Å². The van der Waals surface area contributed by atoms with Gasteiger partial charge in [0, 0.05) is 18.0 Å². The van der Waals surface area contributed by atoms with E-state index in [0.29, 0.717) is 49.8 Å². The first-order valence-electron chi connectivity index (χ1n) is 17.6. The molecule has 1 aliphatic heterocycles. The van der Waals surface area contributed by atoms with Crippen LogP contribution in [0.4, 0.5) is 8.78 Å². The number of rotatable bonds is 9. The highest BCUT2D eigenvalue weighted by atomic mass is 35.5. The van der Waals surface area contributed by atoms with E-state index in [4.69, 9.17) is 21.1 Å². The Morgan fingerprint density at radius 3 is 2.33 bits per heavy atom. The molecule has 11 heteroatoms. The van der Waals surface area contributed by atoms with E-state index in [9.17, 15) is 26.8 Å². The molecular weight excluding hydrogens is 708 g/mol. The standard InChI is InChI=1S/C41H40ClF2NO6S/c1-40(39(47)51-25-27-6-3-2-4-7-27)20-18-28(19-21-40)38(46)45-23-22-41(52(48,49)32-14-11-30(43)12-15-32)34-16-13-31(24-29(34)10-17-37(41)45)50-26-33-35(42)8-5-9-36(33)44/h2-9,11-16,24,28,37H,10,17-23,25-26H2,1H3/t28?,37-,40?,41-/m1/s1. The molecule has 0 bridgehead atoms. The van der Waals surface area contributed by atoms with Gasteiger partial charge < -0.3 is 14.4 Å². The first-order valence-corrected chi connectivity index (χ1v) is 19.5. The number of likely N-dealkylation sites (tertiary alicyclic amines) is 1. The van der Waals surface area contributed by atoms with Gasteiger partial charge in [-0.3, -0.25) is 9.59 Å². The summed E-state index contributed by atoms with van der Waals surface area (Å²) in [4.78, 5) is 29.2. The molecule has 2 atom stereocenters. The molecule has 0 radical (unpaired) electrons. The van der Waals surface area contributed by atoms with Crippen molar-refractivity contribution in [3.05, 3.63) is 130 Å². The fraction of sp³-hybridized carbons (Fsp3) is 0.366. The van der Waals surface area contributed by atoms with Crippen LogP contribution in [0.2, 0.25) is 5.02 Å². The Morgan fingerprint density at radius 2 is 1.62 bits per heavy atom. The number of esters is 1. The quantitative estimate of drug-likeness (QED) is 0.126. The Morgan fingerprint density at radius 1 is 0.885 bits per heavy atom. The number of amides is 1. The monoisotopic (exact) mass is 747 g/mol. The summed E-state index contributed by atoms with van der Waals surface area (Å²) in [5, 5.41) is 0.242. The van der Waals surface area contributed by atoms with Crippen LogP contribution in [0.5, 0.6) is 5.75 Å². The molecule has 1 heterocycles. The van der Waals surface area contributed by atoms with Crippen LogP contribution in [0.3, 0.4) is 0 Å². The Bertz CT molecular complexity index is 2070. The summed E-state index contributed by atoms with van der Waals surface area (Å²) in [7, 11) is -4.16. The molecule has 4 aromatic carbocycles. The average Bonchev–Trinajstić information content (AvgIpc) is 3.56. The van der Waals surface area contributed by atoms with Gasteiger partial charge in [-0.05, 0) is 117 Å². The van der Waals surface area contributed by atoms with Crippen LogP contribution in [-0.2, 0) is 48.5 Å². The highest BCUT2D eigenvalue weighted by Crippen LogP contribution is 2.54. The lowest BCUT2D eigenvalue weighted by molar-refractivity contribution is -0.160. The molecule has 1 saturated heterocycles. The van der Waals surface area contributed by atoms with Gasteiger partial charge in [-0.15, -0.1) is 0 Å². The van der Waals surface area contributed by atoms with Gasteiger partial charge in [-0.1, -0.05) is 54.1 Å². The minimum atomic E-state index is -4.16. The summed E-state index contributed by atoms with van der Waals surface area (Å²) in [5.41, 5.74) is 1.75. The summed E-state index contributed by atoms with van der Waals surface area (Å²) in [5.74, 6) is -1.35. The van der Waals surface area contributed by atoms with Crippen LogP contribution in [-0.4, -0.2) is 37.8 Å². The minimum Gasteiger partial charge on any atom is -0.489 e. The number of carbonyl (C=O) groups excluding carboxylic acids is 2. The molecule has 4 aromatic rings. The third kappa shape index (κ3) is 6.49. The predicted molar refractivity (Wildman–Crippen MR) is 192 cm³/mol. The first kappa shape index (κ1) is 36.1. The summed E-state index contributed by atoms with van der Waals surface area (Å²) < 4.78 is 68.2. The third-order valence-electron chi connectivity index (χ3n) is 11.3. The first-order chi connectivity index (χ1) is 24.9. The van der Waals surface area contributed by atoms with E-state index in [1.807, 2.05) is 37.3 Å². The van der Waals surface area contributed by atoms with Crippen molar-refractivity contribution in [1.29, 1.82) is 0 Å². The Hall–Kier alpha value is -4.28. The van der Waals surface area contributed by atoms with Crippen molar-refractivity contribution >= 4 is 33.3 Å². The van der Waals surface area contributed by atoms with Crippen molar-refractivity contribution in [1.82, 2.24) is 4.90 Å². The number of benzene rings is 4. The van der Waals surface area contributed by atoms with E-state index in [0.717, 1.165) is 23.3 Å². The predicted octanol–water partition coefficient (Wildman–Crippen LogP) is 8.35. The number of nitrogens with zero attached hydrogens (tertiary/aromatic N) is 1. The van der Waals surface area contributed by atoms with Crippen LogP contribution in [0.25, 0.3) is 0 Å². The van der Waals surface area contributed by atoms with Crippen LogP contribution in [0, 0.1) is 23.0 Å². The molecule has 1 saturated carbocycles. The van der Waals surface area contributed by atoms with Gasteiger partial charge in [-0.25, -0.2) is 17.2 Å². The molecule has 52 heavy (non-hydrogen) atoms. The Balaban J connectivity index is 1.13. The minimum absolute atomic E-state index is 0.0157. The molecule has 3 aliphatic rings. The van der Waals surface area contributed by atoms with E-state index < -0.39 is 37.7 Å². The molecular formula is C41H40ClF2NO6S.